The van der Waals surface area contributed by atoms with Crippen molar-refractivity contribution in [3.8, 4) is 0 Å². The van der Waals surface area contributed by atoms with E-state index in [-0.39, 0.29) is 0 Å². The van der Waals surface area contributed by atoms with Crippen molar-refractivity contribution in [3.05, 3.63) is 96.1 Å². The number of rotatable bonds is 0. The lowest BCUT2D eigenvalue weighted by atomic mass is 10.0. The van der Waals surface area contributed by atoms with Gasteiger partial charge in [0.05, 0.1) is 0 Å². The minimum atomic E-state index is 0.950. The summed E-state index contributed by atoms with van der Waals surface area (Å²) in [5.41, 5.74) is 8.24. The van der Waals surface area contributed by atoms with Crippen molar-refractivity contribution < 1.29 is 0 Å². The van der Waals surface area contributed by atoms with Gasteiger partial charge in [-0.15, -0.1) is 0 Å². The Labute approximate surface area is 230 Å². The van der Waals surface area contributed by atoms with Gasteiger partial charge in [-0.3, -0.25) is 0 Å². The minimum Gasteiger partial charge on any atom is -0.187 e. The fraction of sp³-hybridized carbons (Fsp3) is 0.161. The molecule has 0 N–H and O–H groups in total. The summed E-state index contributed by atoms with van der Waals surface area (Å²) >= 11 is 0. The maximum atomic E-state index is 4.39. The molecule has 3 aromatic heterocycles. The van der Waals surface area contributed by atoms with E-state index in [9.17, 15) is 0 Å². The predicted molar refractivity (Wildman–Crippen MR) is 160 cm³/mol. The maximum Gasteiger partial charge on any atom is 0.121 e. The molecule has 0 aliphatic carbocycles. The van der Waals surface area contributed by atoms with Crippen LogP contribution >= 0.6 is 0 Å². The van der Waals surface area contributed by atoms with Gasteiger partial charge in [-0.2, -0.15) is 45.0 Å². The second kappa shape index (κ2) is 10.2. The molecular weight excluding hydrogens is 498 g/mol. The Balaban J connectivity index is 0.000000110. The minimum absolute atomic E-state index is 0.950. The average molecular weight is 528 g/mol. The summed E-state index contributed by atoms with van der Waals surface area (Å²) in [5, 5.41) is 30.4. The molecule has 0 saturated carbocycles. The lowest BCUT2D eigenvalue weighted by molar-refractivity contribution is 0.665. The van der Waals surface area contributed by atoms with Crippen LogP contribution in [0, 0.1) is 13.8 Å². The zero-order valence-electron chi connectivity index (χ0n) is 23.1. The van der Waals surface area contributed by atoms with E-state index in [2.05, 4.69) is 86.0 Å². The van der Waals surface area contributed by atoms with Gasteiger partial charge in [0.1, 0.15) is 33.1 Å². The number of aryl methyl sites for hydroxylation is 5. The van der Waals surface area contributed by atoms with Crippen LogP contribution in [0.3, 0.4) is 0 Å². The first-order chi connectivity index (χ1) is 19.3. The highest BCUT2D eigenvalue weighted by atomic mass is 15.5. The molecule has 40 heavy (non-hydrogen) atoms. The summed E-state index contributed by atoms with van der Waals surface area (Å²) in [6, 6.07) is 28.8. The maximum absolute atomic E-state index is 4.39. The highest BCUT2D eigenvalue weighted by Gasteiger charge is 2.07. The quantitative estimate of drug-likeness (QED) is 0.246. The molecule has 0 amide bonds. The van der Waals surface area contributed by atoms with E-state index >= 15 is 0 Å². The summed E-state index contributed by atoms with van der Waals surface area (Å²) in [6.45, 7) is 4.16. The molecule has 9 nitrogen and oxygen atoms in total. The van der Waals surface area contributed by atoms with Crippen LogP contribution in [0.15, 0.2) is 84.9 Å². The Kier molecular flexibility index (Phi) is 6.39. The third kappa shape index (κ3) is 4.96. The predicted octanol–water partition coefficient (Wildman–Crippen LogP) is 5.83. The van der Waals surface area contributed by atoms with Crippen LogP contribution in [0.2, 0.25) is 0 Å². The highest BCUT2D eigenvalue weighted by molar-refractivity contribution is 6.05. The van der Waals surface area contributed by atoms with Gasteiger partial charge in [-0.25, -0.2) is 0 Å². The molecule has 8 aromatic rings. The number of aromatic nitrogens is 9. The van der Waals surface area contributed by atoms with Crippen molar-refractivity contribution in [2.45, 2.75) is 13.8 Å². The Morgan fingerprint density at radius 1 is 0.450 bits per heavy atom. The van der Waals surface area contributed by atoms with E-state index in [1.807, 2.05) is 64.5 Å². The van der Waals surface area contributed by atoms with Crippen molar-refractivity contribution in [1.82, 2.24) is 45.0 Å². The zero-order valence-corrected chi connectivity index (χ0v) is 23.1. The van der Waals surface area contributed by atoms with Crippen LogP contribution < -0.4 is 0 Å². The van der Waals surface area contributed by atoms with Gasteiger partial charge in [0.15, 0.2) is 0 Å². The molecule has 9 heteroatoms. The van der Waals surface area contributed by atoms with Crippen molar-refractivity contribution in [2.75, 3.05) is 0 Å². The lowest BCUT2D eigenvalue weighted by Gasteiger charge is -2.00. The van der Waals surface area contributed by atoms with Gasteiger partial charge in [0.25, 0.3) is 0 Å². The van der Waals surface area contributed by atoms with E-state index in [0.29, 0.717) is 0 Å². The number of benzene rings is 5. The molecular formula is C31H29N9. The molecule has 0 fully saturated rings. The summed E-state index contributed by atoms with van der Waals surface area (Å²) in [5.74, 6) is 0. The average Bonchev–Trinajstić information content (AvgIpc) is 3.61. The zero-order chi connectivity index (χ0) is 27.8. The molecule has 0 unspecified atom stereocenters. The largest absolute Gasteiger partial charge is 0.187 e. The number of hydrogen-bond acceptors (Lipinski definition) is 6. The first-order valence-electron chi connectivity index (χ1n) is 13.0. The SMILES string of the molecule is Cc1cc2nn(C)nc2c2ccccc12.Cc1ccc2nn(C)nc2c1.Cn1nc2cc3ccccc3cc2n1. The molecule has 0 bridgehead atoms. The monoisotopic (exact) mass is 527 g/mol. The van der Waals surface area contributed by atoms with Gasteiger partial charge in [-0.05, 0) is 71.5 Å². The Morgan fingerprint density at radius 3 is 1.60 bits per heavy atom. The van der Waals surface area contributed by atoms with Gasteiger partial charge in [0, 0.05) is 26.5 Å². The van der Waals surface area contributed by atoms with Crippen LogP contribution in [-0.4, -0.2) is 45.0 Å². The normalized spacial score (nSPS) is 11.1. The first kappa shape index (κ1) is 25.1. The third-order valence-electron chi connectivity index (χ3n) is 6.68. The van der Waals surface area contributed by atoms with Crippen molar-refractivity contribution in [2.24, 2.45) is 21.1 Å². The van der Waals surface area contributed by atoms with Crippen molar-refractivity contribution in [1.29, 1.82) is 0 Å². The van der Waals surface area contributed by atoms with Crippen molar-refractivity contribution >= 4 is 54.6 Å². The van der Waals surface area contributed by atoms with Gasteiger partial charge < -0.3 is 0 Å². The van der Waals surface area contributed by atoms with Crippen molar-refractivity contribution in [3.63, 3.8) is 0 Å². The molecule has 5 aromatic carbocycles. The smallest absolute Gasteiger partial charge is 0.121 e. The highest BCUT2D eigenvalue weighted by Crippen LogP contribution is 2.25. The third-order valence-corrected chi connectivity index (χ3v) is 6.68. The van der Waals surface area contributed by atoms with Gasteiger partial charge in [0.2, 0.25) is 0 Å². The summed E-state index contributed by atoms with van der Waals surface area (Å²) in [4.78, 5) is 4.81. The fourth-order valence-electron chi connectivity index (χ4n) is 4.87. The molecule has 0 radical (unpaired) electrons. The van der Waals surface area contributed by atoms with Crippen LogP contribution in [0.5, 0.6) is 0 Å². The second-order valence-corrected chi connectivity index (χ2v) is 9.86. The number of hydrogen-bond donors (Lipinski definition) is 0. The van der Waals surface area contributed by atoms with E-state index in [1.165, 1.54) is 32.7 Å². The van der Waals surface area contributed by atoms with E-state index in [0.717, 1.165) is 33.1 Å². The van der Waals surface area contributed by atoms with Gasteiger partial charge in [-0.1, -0.05) is 54.6 Å². The molecule has 8 rings (SSSR count). The fourth-order valence-corrected chi connectivity index (χ4v) is 4.87. The molecule has 0 atom stereocenters. The molecule has 0 spiro atoms. The summed E-state index contributed by atoms with van der Waals surface area (Å²) in [6.07, 6.45) is 0. The number of nitrogens with zero attached hydrogens (tertiary/aromatic N) is 9. The Morgan fingerprint density at radius 2 is 0.950 bits per heavy atom. The van der Waals surface area contributed by atoms with Crippen LogP contribution in [0.25, 0.3) is 54.6 Å². The van der Waals surface area contributed by atoms with Crippen LogP contribution in [0.1, 0.15) is 11.1 Å². The van der Waals surface area contributed by atoms with E-state index in [4.69, 9.17) is 0 Å². The Bertz CT molecular complexity index is 2080. The van der Waals surface area contributed by atoms with E-state index < -0.39 is 0 Å². The van der Waals surface area contributed by atoms with Crippen LogP contribution in [-0.2, 0) is 21.1 Å². The molecule has 0 saturated heterocycles. The standard InChI is InChI=1S/C12H11N3.C11H9N3.C8H9N3/c1-8-7-11-12(14-15(2)13-11)10-6-4-3-5-9(8)10;1-14-12-10-6-8-4-2-3-5-9(8)7-11(10)13-14;1-6-3-4-7-8(5-6)10-11(2)9-7/h3-7H,1-2H3;2-7H,1H3;3-5H,1-2H3. The molecule has 0 aliphatic rings. The second-order valence-electron chi connectivity index (χ2n) is 9.86. The van der Waals surface area contributed by atoms with E-state index in [1.54, 1.807) is 14.4 Å². The molecule has 198 valence electrons. The molecule has 3 heterocycles. The number of fused-ring (bicyclic) bond motifs is 6. The molecule has 0 aliphatic heterocycles. The van der Waals surface area contributed by atoms with Crippen LogP contribution in [0.4, 0.5) is 0 Å². The Hall–Kier alpha value is -5.18. The summed E-state index contributed by atoms with van der Waals surface area (Å²) < 4.78 is 0. The van der Waals surface area contributed by atoms with Gasteiger partial charge >= 0.3 is 0 Å². The topological polar surface area (TPSA) is 92.1 Å². The summed E-state index contributed by atoms with van der Waals surface area (Å²) in [7, 11) is 5.52. The first-order valence-corrected chi connectivity index (χ1v) is 13.0. The lowest BCUT2D eigenvalue weighted by Crippen LogP contribution is -1.90.